The lowest BCUT2D eigenvalue weighted by atomic mass is 10.2. The van der Waals surface area contributed by atoms with Gasteiger partial charge in [0.1, 0.15) is 5.15 Å². The van der Waals surface area contributed by atoms with Crippen LogP contribution in [-0.4, -0.2) is 22.4 Å². The first-order valence-electron chi connectivity index (χ1n) is 5.56. The second-order valence-electron chi connectivity index (χ2n) is 3.97. The summed E-state index contributed by atoms with van der Waals surface area (Å²) in [6.45, 7) is 2.49. The van der Waals surface area contributed by atoms with Crippen molar-refractivity contribution in [1.82, 2.24) is 15.3 Å². The van der Waals surface area contributed by atoms with Gasteiger partial charge in [-0.2, -0.15) is 0 Å². The Morgan fingerprint density at radius 1 is 1.47 bits per heavy atom. The molecule has 0 saturated heterocycles. The number of nitrogens with one attached hydrogen (secondary N) is 1. The second-order valence-corrected chi connectivity index (χ2v) is 5.69. The van der Waals surface area contributed by atoms with Gasteiger partial charge in [0.15, 0.2) is 0 Å². The first-order valence-corrected chi connectivity index (χ1v) is 7.20. The minimum Gasteiger partial charge on any atom is -0.351 e. The van der Waals surface area contributed by atoms with Crippen LogP contribution < -0.4 is 5.32 Å². The maximum atomic E-state index is 12.0. The summed E-state index contributed by atoms with van der Waals surface area (Å²) in [6, 6.07) is 1.45. The molecule has 2 aromatic rings. The third-order valence-corrected chi connectivity index (χ3v) is 4.02. The lowest BCUT2D eigenvalue weighted by molar-refractivity contribution is 0.0951. The zero-order valence-electron chi connectivity index (χ0n) is 10.1. The predicted molar refractivity (Wildman–Crippen MR) is 77.1 cm³/mol. The summed E-state index contributed by atoms with van der Waals surface area (Å²) in [6.07, 6.45) is 3.11. The van der Waals surface area contributed by atoms with E-state index in [1.807, 2.05) is 12.3 Å². The molecule has 0 aliphatic carbocycles. The van der Waals surface area contributed by atoms with Gasteiger partial charge in [-0.1, -0.05) is 30.1 Å². The van der Waals surface area contributed by atoms with Crippen LogP contribution in [0.15, 0.2) is 23.8 Å². The molecule has 0 bridgehead atoms. The summed E-state index contributed by atoms with van der Waals surface area (Å²) in [5, 5.41) is 6.23. The summed E-state index contributed by atoms with van der Waals surface area (Å²) in [5.74, 6) is -0.113. The van der Waals surface area contributed by atoms with Gasteiger partial charge in [0, 0.05) is 30.2 Å². The van der Waals surface area contributed by atoms with Gasteiger partial charge in [-0.05, 0) is 6.07 Å². The number of amides is 1. The van der Waals surface area contributed by atoms with Crippen LogP contribution in [0.1, 0.15) is 28.2 Å². The maximum absolute atomic E-state index is 12.0. The van der Waals surface area contributed by atoms with Crippen molar-refractivity contribution in [3.8, 4) is 0 Å². The number of rotatable bonds is 4. The fourth-order valence-corrected chi connectivity index (χ4v) is 2.54. The first-order chi connectivity index (χ1) is 9.08. The number of hydrogen-bond donors (Lipinski definition) is 1. The molecular weight excluding hydrogens is 305 g/mol. The van der Waals surface area contributed by atoms with Gasteiger partial charge in [-0.15, -0.1) is 11.3 Å². The second kappa shape index (κ2) is 6.32. The minimum absolute atomic E-state index is 0.153. The molecule has 2 aromatic heterocycles. The number of carbonyl (C=O) groups excluding carboxylic acids is 1. The van der Waals surface area contributed by atoms with Crippen molar-refractivity contribution in [3.63, 3.8) is 0 Å². The van der Waals surface area contributed by atoms with Crippen LogP contribution >= 0.6 is 34.5 Å². The first kappa shape index (κ1) is 14.2. The van der Waals surface area contributed by atoms with Gasteiger partial charge < -0.3 is 5.32 Å². The highest BCUT2D eigenvalue weighted by Crippen LogP contribution is 2.19. The molecule has 0 saturated carbocycles. The zero-order valence-corrected chi connectivity index (χ0v) is 12.4. The summed E-state index contributed by atoms with van der Waals surface area (Å²) in [4.78, 5) is 20.0. The quantitative estimate of drug-likeness (QED) is 0.880. The molecule has 1 atom stereocenters. The molecular formula is C12H11Cl2N3OS. The molecule has 100 valence electrons. The number of thiazole rings is 1. The number of hydrogen-bond acceptors (Lipinski definition) is 4. The molecule has 1 unspecified atom stereocenters. The topological polar surface area (TPSA) is 54.9 Å². The van der Waals surface area contributed by atoms with E-state index in [0.717, 1.165) is 5.01 Å². The van der Waals surface area contributed by atoms with E-state index in [-0.39, 0.29) is 22.0 Å². The largest absolute Gasteiger partial charge is 0.351 e. The highest BCUT2D eigenvalue weighted by molar-refractivity contribution is 7.09. The highest BCUT2D eigenvalue weighted by Gasteiger charge is 2.14. The Morgan fingerprint density at radius 2 is 2.26 bits per heavy atom. The number of carbonyl (C=O) groups is 1. The van der Waals surface area contributed by atoms with E-state index >= 15 is 0 Å². The van der Waals surface area contributed by atoms with E-state index in [4.69, 9.17) is 23.2 Å². The van der Waals surface area contributed by atoms with Crippen LogP contribution in [0.2, 0.25) is 10.2 Å². The Morgan fingerprint density at radius 3 is 2.95 bits per heavy atom. The summed E-state index contributed by atoms with van der Waals surface area (Å²) in [5.41, 5.74) is 0.327. The normalized spacial score (nSPS) is 12.2. The number of pyridine rings is 1. The summed E-state index contributed by atoms with van der Waals surface area (Å²) in [7, 11) is 0. The van der Waals surface area contributed by atoms with E-state index in [9.17, 15) is 4.79 Å². The number of nitrogens with zero attached hydrogens (tertiary/aromatic N) is 2. The Labute approximate surface area is 124 Å². The third-order valence-electron chi connectivity index (χ3n) is 2.51. The van der Waals surface area contributed by atoms with Crippen molar-refractivity contribution in [2.75, 3.05) is 6.54 Å². The molecule has 1 N–H and O–H groups in total. The smallest absolute Gasteiger partial charge is 0.252 e. The average Bonchev–Trinajstić information content (AvgIpc) is 2.92. The van der Waals surface area contributed by atoms with Crippen molar-refractivity contribution in [1.29, 1.82) is 0 Å². The lowest BCUT2D eigenvalue weighted by Crippen LogP contribution is -2.27. The molecule has 1 amide bonds. The van der Waals surface area contributed by atoms with E-state index in [1.54, 1.807) is 17.5 Å². The van der Waals surface area contributed by atoms with E-state index < -0.39 is 0 Å². The van der Waals surface area contributed by atoms with Crippen molar-refractivity contribution in [2.24, 2.45) is 0 Å². The molecule has 4 nitrogen and oxygen atoms in total. The van der Waals surface area contributed by atoms with Crippen molar-refractivity contribution < 1.29 is 4.79 Å². The van der Waals surface area contributed by atoms with E-state index in [1.165, 1.54) is 12.3 Å². The standard InChI is InChI=1S/C12H11Cl2N3OS/c1-7(12-15-2-3-19-12)5-17-11(18)8-4-10(14)16-6-9(8)13/h2-4,6-7H,5H2,1H3,(H,17,18). The fourth-order valence-electron chi connectivity index (χ4n) is 1.49. The fraction of sp³-hybridized carbons (Fsp3) is 0.250. The number of halogens is 2. The predicted octanol–water partition coefficient (Wildman–Crippen LogP) is 3.38. The van der Waals surface area contributed by atoms with Gasteiger partial charge in [0.25, 0.3) is 5.91 Å². The maximum Gasteiger partial charge on any atom is 0.252 e. The molecule has 0 aromatic carbocycles. The molecule has 0 radical (unpaired) electrons. The third kappa shape index (κ3) is 3.65. The van der Waals surface area contributed by atoms with Gasteiger partial charge in [-0.25, -0.2) is 9.97 Å². The molecule has 19 heavy (non-hydrogen) atoms. The van der Waals surface area contributed by atoms with Crippen molar-refractivity contribution in [3.05, 3.63) is 44.6 Å². The average molecular weight is 316 g/mol. The van der Waals surface area contributed by atoms with E-state index in [2.05, 4.69) is 15.3 Å². The Balaban J connectivity index is 2.00. The molecule has 2 rings (SSSR count). The molecule has 0 spiro atoms. The molecule has 2 heterocycles. The van der Waals surface area contributed by atoms with Crippen molar-refractivity contribution >= 4 is 40.4 Å². The monoisotopic (exact) mass is 315 g/mol. The molecule has 0 aliphatic rings. The minimum atomic E-state index is -0.266. The van der Waals surface area contributed by atoms with Gasteiger partial charge >= 0.3 is 0 Å². The molecule has 0 fully saturated rings. The molecule has 7 heteroatoms. The van der Waals surface area contributed by atoms with Crippen LogP contribution in [0.5, 0.6) is 0 Å². The summed E-state index contributed by atoms with van der Waals surface area (Å²) < 4.78 is 0. The van der Waals surface area contributed by atoms with Crippen LogP contribution in [0.4, 0.5) is 0 Å². The van der Waals surface area contributed by atoms with Crippen molar-refractivity contribution in [2.45, 2.75) is 12.8 Å². The van der Waals surface area contributed by atoms with Gasteiger partial charge in [-0.3, -0.25) is 4.79 Å². The van der Waals surface area contributed by atoms with Crippen LogP contribution in [0.25, 0.3) is 0 Å². The Kier molecular flexibility index (Phi) is 4.74. The van der Waals surface area contributed by atoms with Crippen LogP contribution in [-0.2, 0) is 0 Å². The SMILES string of the molecule is CC(CNC(=O)c1cc(Cl)ncc1Cl)c1nccs1. The van der Waals surface area contributed by atoms with Crippen LogP contribution in [0, 0.1) is 0 Å². The molecule has 0 aliphatic heterocycles. The van der Waals surface area contributed by atoms with E-state index in [0.29, 0.717) is 12.1 Å². The highest BCUT2D eigenvalue weighted by atomic mass is 35.5. The van der Waals surface area contributed by atoms with Gasteiger partial charge in [0.05, 0.1) is 15.6 Å². The van der Waals surface area contributed by atoms with Crippen LogP contribution in [0.3, 0.4) is 0 Å². The Hall–Kier alpha value is -1.17. The number of aromatic nitrogens is 2. The Bertz CT molecular complexity index is 574. The lowest BCUT2D eigenvalue weighted by Gasteiger charge is -2.10. The zero-order chi connectivity index (χ0) is 13.8. The summed E-state index contributed by atoms with van der Waals surface area (Å²) >= 11 is 13.2. The van der Waals surface area contributed by atoms with Gasteiger partial charge in [0.2, 0.25) is 0 Å².